The summed E-state index contributed by atoms with van der Waals surface area (Å²) in [5, 5.41) is 6.31. The number of carbonyl (C=O) groups excluding carboxylic acids is 2. The Bertz CT molecular complexity index is 965. The van der Waals surface area contributed by atoms with Gasteiger partial charge < -0.3 is 20.4 Å². The summed E-state index contributed by atoms with van der Waals surface area (Å²) < 4.78 is 14.7. The number of hydrogen-bond donors (Lipinski definition) is 2. The molecule has 3 heterocycles. The number of benzene rings is 1. The highest BCUT2D eigenvalue weighted by molar-refractivity contribution is 5.95. The first-order chi connectivity index (χ1) is 15.4. The van der Waals surface area contributed by atoms with Crippen molar-refractivity contribution in [2.24, 2.45) is 0 Å². The summed E-state index contributed by atoms with van der Waals surface area (Å²) in [6, 6.07) is 8.45. The molecule has 0 saturated carbocycles. The highest BCUT2D eigenvalue weighted by atomic mass is 19.1. The lowest BCUT2D eigenvalue weighted by atomic mass is 10.1. The van der Waals surface area contributed by atoms with Crippen molar-refractivity contribution in [1.29, 1.82) is 0 Å². The molecule has 2 atom stereocenters. The van der Waals surface area contributed by atoms with Crippen LogP contribution in [0.25, 0.3) is 0 Å². The average molecular weight is 440 g/mol. The fourth-order valence-electron chi connectivity index (χ4n) is 4.43. The first kappa shape index (κ1) is 22.2. The molecule has 0 bridgehead atoms. The molecule has 1 aromatic heterocycles. The number of amides is 2. The molecule has 2 aliphatic rings. The van der Waals surface area contributed by atoms with Crippen LogP contribution in [0.5, 0.6) is 0 Å². The summed E-state index contributed by atoms with van der Waals surface area (Å²) in [6.07, 6.45) is 3.50. The Morgan fingerprint density at radius 2 is 1.75 bits per heavy atom. The Balaban J connectivity index is 1.36. The predicted molar refractivity (Wildman–Crippen MR) is 121 cm³/mol. The van der Waals surface area contributed by atoms with Crippen molar-refractivity contribution in [2.45, 2.75) is 45.3 Å². The van der Waals surface area contributed by atoms with Gasteiger partial charge in [-0.25, -0.2) is 9.37 Å². The van der Waals surface area contributed by atoms with Gasteiger partial charge in [-0.15, -0.1) is 0 Å². The largest absolute Gasteiger partial charge is 0.366 e. The van der Waals surface area contributed by atoms with E-state index >= 15 is 0 Å². The van der Waals surface area contributed by atoms with Gasteiger partial charge in [0.1, 0.15) is 11.6 Å². The van der Waals surface area contributed by atoms with Crippen LogP contribution in [-0.4, -0.2) is 64.9 Å². The fourth-order valence-corrected chi connectivity index (χ4v) is 4.43. The van der Waals surface area contributed by atoms with Gasteiger partial charge in [0.2, 0.25) is 0 Å². The van der Waals surface area contributed by atoms with Crippen LogP contribution in [0.4, 0.5) is 10.2 Å². The Labute approximate surface area is 188 Å². The van der Waals surface area contributed by atoms with Crippen LogP contribution in [0, 0.1) is 5.82 Å². The van der Waals surface area contributed by atoms with E-state index in [2.05, 4.69) is 15.6 Å². The SMILES string of the molecule is CC1CCC(C)N1C(=O)c1ccc(CNc2ccc(C(=O)N3CCNCC3)cn2)c(F)c1. The van der Waals surface area contributed by atoms with E-state index in [-0.39, 0.29) is 30.4 Å². The standard InChI is InChI=1S/C24H30FN5O2/c1-16-3-4-17(2)30(16)24(32)18-5-6-19(21(25)13-18)14-27-22-8-7-20(15-28-22)23(31)29-11-9-26-10-12-29/h5-8,13,15-17,26H,3-4,9-12,14H2,1-2H3,(H,27,28). The number of likely N-dealkylation sites (tertiary alicyclic amines) is 1. The number of halogens is 1. The van der Waals surface area contributed by atoms with Crippen molar-refractivity contribution in [3.8, 4) is 0 Å². The maximum atomic E-state index is 14.7. The van der Waals surface area contributed by atoms with Gasteiger partial charge in [-0.1, -0.05) is 6.07 Å². The second kappa shape index (κ2) is 9.65. The molecule has 0 radical (unpaired) electrons. The summed E-state index contributed by atoms with van der Waals surface area (Å²) in [4.78, 5) is 33.3. The molecule has 2 saturated heterocycles. The summed E-state index contributed by atoms with van der Waals surface area (Å²) in [5.41, 5.74) is 1.37. The van der Waals surface area contributed by atoms with E-state index in [4.69, 9.17) is 0 Å². The minimum Gasteiger partial charge on any atom is -0.366 e. The maximum absolute atomic E-state index is 14.7. The van der Waals surface area contributed by atoms with Crippen LogP contribution in [0.2, 0.25) is 0 Å². The Hall–Kier alpha value is -3.00. The Morgan fingerprint density at radius 3 is 2.38 bits per heavy atom. The highest BCUT2D eigenvalue weighted by Gasteiger charge is 2.32. The van der Waals surface area contributed by atoms with Gasteiger partial charge in [0.15, 0.2) is 0 Å². The monoisotopic (exact) mass is 439 g/mol. The first-order valence-corrected chi connectivity index (χ1v) is 11.2. The highest BCUT2D eigenvalue weighted by Crippen LogP contribution is 2.26. The molecule has 2 N–H and O–H groups in total. The number of rotatable bonds is 5. The number of pyridine rings is 1. The molecule has 2 aliphatic heterocycles. The van der Waals surface area contributed by atoms with Crippen LogP contribution in [0.1, 0.15) is 53.0 Å². The topological polar surface area (TPSA) is 77.6 Å². The number of hydrogen-bond acceptors (Lipinski definition) is 5. The minimum atomic E-state index is -0.423. The zero-order valence-corrected chi connectivity index (χ0v) is 18.6. The molecule has 2 fully saturated rings. The van der Waals surface area contributed by atoms with E-state index in [0.717, 1.165) is 25.9 Å². The van der Waals surface area contributed by atoms with Crippen molar-refractivity contribution in [1.82, 2.24) is 20.1 Å². The number of piperazine rings is 1. The number of nitrogens with one attached hydrogen (secondary N) is 2. The van der Waals surface area contributed by atoms with Gasteiger partial charge in [0, 0.05) is 62.1 Å². The molecule has 170 valence electrons. The van der Waals surface area contributed by atoms with Gasteiger partial charge in [-0.2, -0.15) is 0 Å². The lowest BCUT2D eigenvalue weighted by molar-refractivity contribution is 0.0691. The minimum absolute atomic E-state index is 0.0292. The van der Waals surface area contributed by atoms with Crippen molar-refractivity contribution >= 4 is 17.6 Å². The molecular weight excluding hydrogens is 409 g/mol. The summed E-state index contributed by atoms with van der Waals surface area (Å²) in [7, 11) is 0. The molecule has 4 rings (SSSR count). The zero-order chi connectivity index (χ0) is 22.7. The average Bonchev–Trinajstić information content (AvgIpc) is 3.16. The van der Waals surface area contributed by atoms with E-state index < -0.39 is 5.82 Å². The first-order valence-electron chi connectivity index (χ1n) is 11.2. The van der Waals surface area contributed by atoms with E-state index in [0.29, 0.717) is 35.6 Å². The number of aromatic nitrogens is 1. The van der Waals surface area contributed by atoms with Gasteiger partial charge in [0.05, 0.1) is 5.56 Å². The third-order valence-corrected chi connectivity index (χ3v) is 6.36. The van der Waals surface area contributed by atoms with Gasteiger partial charge >= 0.3 is 0 Å². The molecule has 0 aliphatic carbocycles. The summed E-state index contributed by atoms with van der Waals surface area (Å²) >= 11 is 0. The van der Waals surface area contributed by atoms with Crippen molar-refractivity contribution in [3.63, 3.8) is 0 Å². The van der Waals surface area contributed by atoms with Crippen LogP contribution in [-0.2, 0) is 6.54 Å². The number of carbonyl (C=O) groups is 2. The van der Waals surface area contributed by atoms with Crippen molar-refractivity contribution < 1.29 is 14.0 Å². The molecule has 2 unspecified atom stereocenters. The zero-order valence-electron chi connectivity index (χ0n) is 18.6. The molecular formula is C24H30FN5O2. The van der Waals surface area contributed by atoms with Crippen LogP contribution >= 0.6 is 0 Å². The molecule has 8 heteroatoms. The molecule has 2 aromatic rings. The summed E-state index contributed by atoms with van der Waals surface area (Å²) in [6.45, 7) is 7.26. The number of anilines is 1. The predicted octanol–water partition coefficient (Wildman–Crippen LogP) is 2.89. The van der Waals surface area contributed by atoms with Gasteiger partial charge in [-0.3, -0.25) is 9.59 Å². The number of nitrogens with zero attached hydrogens (tertiary/aromatic N) is 3. The second-order valence-electron chi connectivity index (χ2n) is 8.62. The van der Waals surface area contributed by atoms with Crippen molar-refractivity contribution in [3.05, 3.63) is 59.0 Å². The Kier molecular flexibility index (Phi) is 6.69. The van der Waals surface area contributed by atoms with Crippen LogP contribution < -0.4 is 10.6 Å². The second-order valence-corrected chi connectivity index (χ2v) is 8.62. The lowest BCUT2D eigenvalue weighted by Crippen LogP contribution is -2.46. The maximum Gasteiger partial charge on any atom is 0.255 e. The van der Waals surface area contributed by atoms with Crippen LogP contribution in [0.3, 0.4) is 0 Å². The van der Waals surface area contributed by atoms with E-state index in [1.807, 2.05) is 23.6 Å². The molecule has 1 aromatic carbocycles. The fraction of sp³-hybridized carbons (Fsp3) is 0.458. The van der Waals surface area contributed by atoms with Gasteiger partial charge in [-0.05, 0) is 51.0 Å². The molecule has 0 spiro atoms. The quantitative estimate of drug-likeness (QED) is 0.749. The molecule has 32 heavy (non-hydrogen) atoms. The third-order valence-electron chi connectivity index (χ3n) is 6.36. The van der Waals surface area contributed by atoms with Gasteiger partial charge in [0.25, 0.3) is 11.8 Å². The lowest BCUT2D eigenvalue weighted by Gasteiger charge is -2.27. The van der Waals surface area contributed by atoms with Crippen LogP contribution in [0.15, 0.2) is 36.5 Å². The van der Waals surface area contributed by atoms with E-state index in [9.17, 15) is 14.0 Å². The Morgan fingerprint density at radius 1 is 1.06 bits per heavy atom. The van der Waals surface area contributed by atoms with E-state index in [1.165, 1.54) is 6.07 Å². The smallest absolute Gasteiger partial charge is 0.255 e. The third kappa shape index (κ3) is 4.75. The van der Waals surface area contributed by atoms with Crippen molar-refractivity contribution in [2.75, 3.05) is 31.5 Å². The summed E-state index contributed by atoms with van der Waals surface area (Å²) in [5.74, 6) is -0.0136. The molecule has 2 amide bonds. The van der Waals surface area contributed by atoms with E-state index in [1.54, 1.807) is 30.5 Å². The molecule has 7 nitrogen and oxygen atoms in total. The normalized spacial score (nSPS) is 21.0.